The maximum Gasteiger partial charge on any atom is 0 e. The van der Waals surface area contributed by atoms with Gasteiger partial charge in [0, 0.05) is 35.9 Å². The van der Waals surface area contributed by atoms with Crippen LogP contribution in [-0.2, 0) is 20.1 Å². The van der Waals surface area contributed by atoms with Gasteiger partial charge in [0.05, 0.1) is 0 Å². The Morgan fingerprint density at radius 3 is 1.91 bits per heavy atom. The van der Waals surface area contributed by atoms with Crippen molar-refractivity contribution in [3.63, 3.8) is 0 Å². The summed E-state index contributed by atoms with van der Waals surface area (Å²) < 4.78 is 56.7. The van der Waals surface area contributed by atoms with Gasteiger partial charge in [-0.2, -0.15) is 0 Å². The van der Waals surface area contributed by atoms with Crippen molar-refractivity contribution in [2.45, 2.75) is 36.9 Å². The van der Waals surface area contributed by atoms with Crippen molar-refractivity contribution in [3.05, 3.63) is 139 Å². The summed E-state index contributed by atoms with van der Waals surface area (Å²) in [7, 11) is 0. The molecule has 0 aliphatic heterocycles. The van der Waals surface area contributed by atoms with Gasteiger partial charge in [0.25, 0.3) is 0 Å². The van der Waals surface area contributed by atoms with E-state index in [4.69, 9.17) is 9.60 Å². The van der Waals surface area contributed by atoms with Crippen LogP contribution in [0.15, 0.2) is 122 Å². The third-order valence-electron chi connectivity index (χ3n) is 7.61. The number of fused-ring (bicyclic) bond motifs is 6. The molecule has 7 rings (SSSR count). The molecule has 2 nitrogen and oxygen atoms in total. The second-order valence-electron chi connectivity index (χ2n) is 11.5. The van der Waals surface area contributed by atoms with E-state index in [0.717, 1.165) is 43.6 Å². The summed E-state index contributed by atoms with van der Waals surface area (Å²) in [5.74, 6) is 4.36. The molecule has 44 heavy (non-hydrogen) atoms. The van der Waals surface area contributed by atoms with Gasteiger partial charge in [0.2, 0.25) is 0 Å². The molecule has 4 heteroatoms. The Balaban J connectivity index is 0.000000249. The second-order valence-corrected chi connectivity index (χ2v) is 22.2. The molecule has 0 fully saturated rings. The van der Waals surface area contributed by atoms with Gasteiger partial charge < -0.3 is 4.98 Å². The molecule has 2 aromatic heterocycles. The average Bonchev–Trinajstić information content (AvgIpc) is 3.10. The quantitative estimate of drug-likeness (QED) is 0.101. The van der Waals surface area contributed by atoms with Crippen LogP contribution in [0.3, 0.4) is 0 Å². The van der Waals surface area contributed by atoms with Crippen LogP contribution in [0, 0.1) is 12.1 Å². The first-order valence-electron chi connectivity index (χ1n) is 17.7. The molecule has 221 valence electrons. The summed E-state index contributed by atoms with van der Waals surface area (Å²) >= 11 is -1.72. The van der Waals surface area contributed by atoms with E-state index in [0.29, 0.717) is 11.3 Å². The number of hydrogen-bond acceptors (Lipinski definition) is 2. The topological polar surface area (TPSA) is 25.8 Å². The minimum absolute atomic E-state index is 0. The van der Waals surface area contributed by atoms with E-state index in [1.807, 2.05) is 66.9 Å². The van der Waals surface area contributed by atoms with Gasteiger partial charge in [-0.05, 0) is 33.8 Å². The largest absolute Gasteiger partial charge is 0 e. The zero-order chi connectivity index (χ0) is 35.9. The summed E-state index contributed by atoms with van der Waals surface area (Å²) in [6.45, 7) is -6.11. The molecule has 2 heterocycles. The van der Waals surface area contributed by atoms with Crippen molar-refractivity contribution >= 4 is 50.0 Å². The Kier molecular flexibility index (Phi) is 7.31. The predicted octanol–water partition coefficient (Wildman–Crippen LogP) is 10.2. The van der Waals surface area contributed by atoms with Gasteiger partial charge in [0.15, 0.2) is 0 Å². The summed E-state index contributed by atoms with van der Waals surface area (Å²) in [6.07, 6.45) is 3.39. The number of aromatic nitrogens is 2. The van der Waals surface area contributed by atoms with E-state index in [-0.39, 0.29) is 25.7 Å². The van der Waals surface area contributed by atoms with Crippen LogP contribution in [0.5, 0.6) is 0 Å². The van der Waals surface area contributed by atoms with Crippen LogP contribution in [0.25, 0.3) is 54.8 Å². The molecule has 0 spiro atoms. The molecular weight excluding hydrogens is 773 g/mol. The molecule has 0 unspecified atom stereocenters. The first-order chi connectivity index (χ1) is 23.6. The Bertz CT molecular complexity index is 2250. The van der Waals surface area contributed by atoms with Crippen LogP contribution in [0.2, 0.25) is 17.3 Å². The zero-order valence-corrected chi connectivity index (χ0v) is 29.3. The van der Waals surface area contributed by atoms with Crippen molar-refractivity contribution in [3.8, 4) is 22.5 Å². The summed E-state index contributed by atoms with van der Waals surface area (Å²) in [5.41, 5.74) is 2.90. The summed E-state index contributed by atoms with van der Waals surface area (Å²) in [6, 6.07) is 41.5. The fourth-order valence-corrected chi connectivity index (χ4v) is 7.45. The van der Waals surface area contributed by atoms with Crippen LogP contribution in [0.4, 0.5) is 0 Å². The van der Waals surface area contributed by atoms with Crippen LogP contribution in [-0.4, -0.2) is 23.2 Å². The third-order valence-corrected chi connectivity index (χ3v) is 11.9. The maximum atomic E-state index is 8.49. The van der Waals surface area contributed by atoms with Crippen molar-refractivity contribution < 1.29 is 29.7 Å². The van der Waals surface area contributed by atoms with Gasteiger partial charge in [-0.3, -0.25) is 0 Å². The maximum absolute atomic E-state index is 8.49. The molecular formula is C40H36GeIrN2-2. The molecule has 5 aromatic carbocycles. The average molecular weight is 817 g/mol. The number of hydrogen-bond donors (Lipinski definition) is 0. The molecule has 0 aliphatic carbocycles. The van der Waals surface area contributed by atoms with Crippen LogP contribution < -0.4 is 4.40 Å². The first-order valence-corrected chi connectivity index (χ1v) is 21.6. The number of nitrogens with zero attached hydrogens (tertiary/aromatic N) is 2. The monoisotopic (exact) mass is 818 g/mol. The molecule has 1 radical (unpaired) electrons. The standard InChI is InChI=1S/C26H20N.C14H16GeN.Ir/c1-17(2)18-13-14-27-26(16-18)19-11-12-24-22-9-4-3-7-20(22)21-8-5-6-10-23(21)25(24)15-19;1-15(2,3)13-9-10-14(16-11-13)12-7-5-4-6-8-12;/h3-10,12-17H,1-2H3;4-7,9-11H,1-3H3;/q2*-1;/i1D3,2D3,17D;;. The number of pyridine rings is 2. The van der Waals surface area contributed by atoms with E-state index in [2.05, 4.69) is 75.8 Å². The molecule has 0 saturated heterocycles. The van der Waals surface area contributed by atoms with Crippen molar-refractivity contribution in [1.82, 2.24) is 9.97 Å². The Labute approximate surface area is 287 Å². The molecule has 0 bridgehead atoms. The zero-order valence-electron chi connectivity index (χ0n) is 31.8. The molecule has 0 N–H and O–H groups in total. The van der Waals surface area contributed by atoms with E-state index in [1.54, 1.807) is 0 Å². The van der Waals surface area contributed by atoms with Gasteiger partial charge in [-0.1, -0.05) is 90.0 Å². The summed E-state index contributed by atoms with van der Waals surface area (Å²) in [4.78, 5) is 8.89. The van der Waals surface area contributed by atoms with Crippen LogP contribution in [0.1, 0.15) is 34.8 Å². The number of benzene rings is 5. The molecule has 7 aromatic rings. The third kappa shape index (κ3) is 6.71. The molecule has 0 aliphatic rings. The van der Waals surface area contributed by atoms with Crippen molar-refractivity contribution in [2.75, 3.05) is 0 Å². The van der Waals surface area contributed by atoms with E-state index in [9.17, 15) is 0 Å². The predicted molar refractivity (Wildman–Crippen MR) is 187 cm³/mol. The van der Waals surface area contributed by atoms with Crippen molar-refractivity contribution in [2.24, 2.45) is 0 Å². The van der Waals surface area contributed by atoms with Crippen molar-refractivity contribution in [1.29, 1.82) is 0 Å². The molecule has 0 amide bonds. The Morgan fingerprint density at radius 2 is 1.32 bits per heavy atom. The van der Waals surface area contributed by atoms with Gasteiger partial charge in [-0.25, -0.2) is 0 Å². The summed E-state index contributed by atoms with van der Waals surface area (Å²) in [5, 5.41) is 6.41. The van der Waals surface area contributed by atoms with Gasteiger partial charge >= 0.3 is 99.8 Å². The SMILES string of the molecule is [2H]C([2H])([2H])C([2H])(c1ccnc(-c2[c-]cc3c4ccccc4c4ccccc4c3c2)c1)C([2H])([2H])[2H].[CH3][Ge]([CH3])([CH3])[c]1ccc(-c2[c-]cccc2)nc1.[Ir]. The fraction of sp³-hybridized carbons (Fsp3) is 0.150. The van der Waals surface area contributed by atoms with Gasteiger partial charge in [-0.15, -0.1) is 23.8 Å². The van der Waals surface area contributed by atoms with E-state index in [1.165, 1.54) is 22.7 Å². The first kappa shape index (κ1) is 23.7. The fourth-order valence-electron chi connectivity index (χ4n) is 5.27. The van der Waals surface area contributed by atoms with E-state index >= 15 is 0 Å². The van der Waals surface area contributed by atoms with Crippen LogP contribution >= 0.6 is 0 Å². The smallest absolute Gasteiger partial charge is 0 e. The minimum atomic E-state index is -3.06. The number of rotatable bonds is 4. The Hall–Kier alpha value is -3.63. The molecule has 0 saturated carbocycles. The Morgan fingerprint density at radius 1 is 0.659 bits per heavy atom. The van der Waals surface area contributed by atoms with Gasteiger partial charge in [0.1, 0.15) is 0 Å². The molecule has 0 atom stereocenters. The minimum Gasteiger partial charge on any atom is 0 e. The van der Waals surface area contributed by atoms with E-state index < -0.39 is 32.9 Å². The second kappa shape index (κ2) is 13.6. The normalized spacial score (nSPS) is 14.5.